The van der Waals surface area contributed by atoms with E-state index in [1.807, 2.05) is 18.2 Å². The first-order valence-corrected chi connectivity index (χ1v) is 5.85. The van der Waals surface area contributed by atoms with Gasteiger partial charge in [-0.05, 0) is 30.4 Å². The summed E-state index contributed by atoms with van der Waals surface area (Å²) in [6.07, 6.45) is 0. The van der Waals surface area contributed by atoms with Crippen molar-refractivity contribution in [2.24, 2.45) is 0 Å². The van der Waals surface area contributed by atoms with Gasteiger partial charge in [-0.25, -0.2) is 0 Å². The molecule has 1 aliphatic heterocycles. The molecule has 1 aliphatic rings. The molecule has 1 aromatic carbocycles. The van der Waals surface area contributed by atoms with Crippen LogP contribution in [0.5, 0.6) is 11.5 Å². The van der Waals surface area contributed by atoms with Crippen molar-refractivity contribution in [1.29, 1.82) is 0 Å². The number of hydrogen-bond donors (Lipinski definition) is 2. The lowest BCUT2D eigenvalue weighted by Crippen LogP contribution is -1.92. The molecular weight excluding hydrogens is 244 g/mol. The van der Waals surface area contributed by atoms with Crippen LogP contribution in [0, 0.1) is 3.95 Å². The van der Waals surface area contributed by atoms with E-state index < -0.39 is 0 Å². The third kappa shape index (κ3) is 1.46. The van der Waals surface area contributed by atoms with Crippen LogP contribution in [0.4, 0.5) is 5.00 Å². The van der Waals surface area contributed by atoms with Crippen molar-refractivity contribution in [2.45, 2.75) is 0 Å². The average Bonchev–Trinajstić information content (AvgIpc) is 2.83. The van der Waals surface area contributed by atoms with Crippen LogP contribution in [-0.4, -0.2) is 11.8 Å². The van der Waals surface area contributed by atoms with E-state index in [9.17, 15) is 0 Å². The summed E-state index contributed by atoms with van der Waals surface area (Å²) in [6.45, 7) is 0.272. The van der Waals surface area contributed by atoms with E-state index in [1.165, 1.54) is 11.3 Å². The summed E-state index contributed by atoms with van der Waals surface area (Å²) in [5, 5.41) is 0.684. The SMILES string of the molecule is Nc1sc(=S)[nH]c1-c1ccc2c(c1)OCO2. The summed E-state index contributed by atoms with van der Waals surface area (Å²) in [6, 6.07) is 5.69. The van der Waals surface area contributed by atoms with Crippen molar-refractivity contribution in [3.05, 3.63) is 22.2 Å². The lowest BCUT2D eigenvalue weighted by molar-refractivity contribution is 0.174. The number of nitrogens with one attached hydrogen (secondary N) is 1. The number of thiazole rings is 1. The summed E-state index contributed by atoms with van der Waals surface area (Å²) < 4.78 is 11.2. The van der Waals surface area contributed by atoms with E-state index >= 15 is 0 Å². The highest BCUT2D eigenvalue weighted by Gasteiger charge is 2.15. The Bertz CT molecular complexity index is 603. The smallest absolute Gasteiger partial charge is 0.231 e. The molecule has 3 rings (SSSR count). The maximum Gasteiger partial charge on any atom is 0.231 e. The molecule has 82 valence electrons. The number of rotatable bonds is 1. The van der Waals surface area contributed by atoms with Crippen molar-refractivity contribution in [2.75, 3.05) is 12.5 Å². The molecule has 0 radical (unpaired) electrons. The van der Waals surface area contributed by atoms with Crippen molar-refractivity contribution >= 4 is 28.6 Å². The molecule has 0 amide bonds. The van der Waals surface area contributed by atoms with Gasteiger partial charge in [0.1, 0.15) is 5.00 Å². The van der Waals surface area contributed by atoms with Crippen molar-refractivity contribution in [3.8, 4) is 22.8 Å². The largest absolute Gasteiger partial charge is 0.454 e. The minimum absolute atomic E-state index is 0.272. The van der Waals surface area contributed by atoms with E-state index in [0.29, 0.717) is 8.96 Å². The summed E-state index contributed by atoms with van der Waals surface area (Å²) in [5.74, 6) is 1.50. The lowest BCUT2D eigenvalue weighted by Gasteiger charge is -2.01. The molecule has 0 fully saturated rings. The van der Waals surface area contributed by atoms with E-state index in [1.54, 1.807) is 0 Å². The highest BCUT2D eigenvalue weighted by Crippen LogP contribution is 2.37. The van der Waals surface area contributed by atoms with Crippen molar-refractivity contribution < 1.29 is 9.47 Å². The van der Waals surface area contributed by atoms with Crippen LogP contribution < -0.4 is 15.2 Å². The molecule has 1 aromatic heterocycles. The predicted octanol–water partition coefficient (Wildman–Crippen LogP) is 2.78. The quantitative estimate of drug-likeness (QED) is 0.766. The van der Waals surface area contributed by atoms with Crippen LogP contribution in [0.3, 0.4) is 0 Å². The maximum absolute atomic E-state index is 5.87. The van der Waals surface area contributed by atoms with Crippen LogP contribution in [-0.2, 0) is 0 Å². The summed E-state index contributed by atoms with van der Waals surface area (Å²) in [7, 11) is 0. The summed E-state index contributed by atoms with van der Waals surface area (Å²) in [4.78, 5) is 3.06. The number of benzene rings is 1. The van der Waals surface area contributed by atoms with Gasteiger partial charge in [0.15, 0.2) is 15.5 Å². The molecule has 0 bridgehead atoms. The second kappa shape index (κ2) is 3.50. The molecule has 6 heteroatoms. The van der Waals surface area contributed by atoms with Gasteiger partial charge < -0.3 is 20.2 Å². The van der Waals surface area contributed by atoms with Crippen LogP contribution in [0.15, 0.2) is 18.2 Å². The Kier molecular flexibility index (Phi) is 2.12. The minimum atomic E-state index is 0.272. The Morgan fingerprint density at radius 1 is 1.31 bits per heavy atom. The molecule has 0 atom stereocenters. The lowest BCUT2D eigenvalue weighted by atomic mass is 10.1. The Balaban J connectivity index is 2.14. The van der Waals surface area contributed by atoms with E-state index in [-0.39, 0.29) is 6.79 Å². The van der Waals surface area contributed by atoms with Crippen LogP contribution in [0.1, 0.15) is 0 Å². The minimum Gasteiger partial charge on any atom is -0.454 e. The fraction of sp³-hybridized carbons (Fsp3) is 0.100. The molecule has 16 heavy (non-hydrogen) atoms. The van der Waals surface area contributed by atoms with Crippen LogP contribution in [0.2, 0.25) is 0 Å². The van der Waals surface area contributed by atoms with E-state index in [4.69, 9.17) is 27.4 Å². The first-order chi connectivity index (χ1) is 7.74. The van der Waals surface area contributed by atoms with Crippen molar-refractivity contribution in [3.63, 3.8) is 0 Å². The average molecular weight is 252 g/mol. The molecule has 2 aromatic rings. The summed E-state index contributed by atoms with van der Waals surface area (Å²) in [5.41, 5.74) is 7.66. The zero-order chi connectivity index (χ0) is 11.1. The van der Waals surface area contributed by atoms with Gasteiger partial charge in [-0.15, -0.1) is 0 Å². The zero-order valence-corrected chi connectivity index (χ0v) is 9.78. The van der Waals surface area contributed by atoms with Gasteiger partial charge in [-0.3, -0.25) is 0 Å². The number of H-pyrrole nitrogens is 1. The highest BCUT2D eigenvalue weighted by molar-refractivity contribution is 7.73. The molecule has 0 saturated carbocycles. The van der Waals surface area contributed by atoms with Gasteiger partial charge in [0.05, 0.1) is 5.69 Å². The molecule has 4 nitrogen and oxygen atoms in total. The fourth-order valence-electron chi connectivity index (χ4n) is 1.61. The number of nitrogen functional groups attached to an aromatic ring is 1. The first kappa shape index (κ1) is 9.68. The number of nitrogens with two attached hydrogens (primary N) is 1. The van der Waals surface area contributed by atoms with Gasteiger partial charge in [0, 0.05) is 5.56 Å². The number of ether oxygens (including phenoxy) is 2. The number of fused-ring (bicyclic) bond motifs is 1. The van der Waals surface area contributed by atoms with Gasteiger partial charge in [-0.1, -0.05) is 11.3 Å². The van der Waals surface area contributed by atoms with E-state index in [2.05, 4.69) is 4.98 Å². The van der Waals surface area contributed by atoms with Crippen LogP contribution >= 0.6 is 23.6 Å². The summed E-state index contributed by atoms with van der Waals surface area (Å²) >= 11 is 6.41. The molecule has 3 N–H and O–H groups in total. The normalized spacial score (nSPS) is 13.0. The Labute approximate surface area is 101 Å². The van der Waals surface area contributed by atoms with Gasteiger partial charge >= 0.3 is 0 Å². The predicted molar refractivity (Wildman–Crippen MR) is 65.5 cm³/mol. The van der Waals surface area contributed by atoms with E-state index in [0.717, 1.165) is 22.8 Å². The first-order valence-electron chi connectivity index (χ1n) is 4.62. The Morgan fingerprint density at radius 3 is 2.88 bits per heavy atom. The Hall–Kier alpha value is -1.53. The second-order valence-electron chi connectivity index (χ2n) is 3.32. The van der Waals surface area contributed by atoms with Crippen LogP contribution in [0.25, 0.3) is 11.3 Å². The monoisotopic (exact) mass is 252 g/mol. The van der Waals surface area contributed by atoms with Crippen molar-refractivity contribution in [1.82, 2.24) is 4.98 Å². The molecule has 0 spiro atoms. The molecule has 0 unspecified atom stereocenters. The third-order valence-corrected chi connectivity index (χ3v) is 3.40. The second-order valence-corrected chi connectivity index (χ2v) is 5.04. The molecular formula is C10H8N2O2S2. The third-order valence-electron chi connectivity index (χ3n) is 2.34. The topological polar surface area (TPSA) is 60.3 Å². The molecule has 0 saturated heterocycles. The number of hydrogen-bond acceptors (Lipinski definition) is 5. The van der Waals surface area contributed by atoms with Gasteiger partial charge in [0.2, 0.25) is 6.79 Å². The fourth-order valence-corrected chi connectivity index (χ4v) is 2.60. The molecule has 0 aliphatic carbocycles. The van der Waals surface area contributed by atoms with Gasteiger partial charge in [-0.2, -0.15) is 0 Å². The number of anilines is 1. The number of aromatic nitrogens is 1. The molecule has 2 heterocycles. The zero-order valence-electron chi connectivity index (χ0n) is 8.15. The maximum atomic E-state index is 5.87. The standard InChI is InChI=1S/C10H8N2O2S2/c11-9-8(12-10(15)16-9)5-1-2-6-7(3-5)14-4-13-6/h1-3H,4,11H2,(H,12,15). The highest BCUT2D eigenvalue weighted by atomic mass is 32.1. The van der Waals surface area contributed by atoms with Gasteiger partial charge in [0.25, 0.3) is 0 Å². The number of aromatic amines is 1. The Morgan fingerprint density at radius 2 is 2.12 bits per heavy atom.